The van der Waals surface area contributed by atoms with Crippen LogP contribution in [0.25, 0.3) is 0 Å². The first kappa shape index (κ1) is 14.5. The highest BCUT2D eigenvalue weighted by molar-refractivity contribution is 5.85. The van der Waals surface area contributed by atoms with Crippen molar-refractivity contribution < 1.29 is 9.90 Å². The minimum atomic E-state index is -0.246. The van der Waals surface area contributed by atoms with Crippen molar-refractivity contribution in [2.45, 2.75) is 18.9 Å². The molecule has 0 aromatic carbocycles. The van der Waals surface area contributed by atoms with Crippen LogP contribution in [0.3, 0.4) is 0 Å². The molecule has 1 aliphatic rings. The Bertz CT molecular complexity index is 452. The fourth-order valence-electron chi connectivity index (χ4n) is 2.48. The van der Waals surface area contributed by atoms with Crippen LogP contribution in [0.2, 0.25) is 0 Å². The quantitative estimate of drug-likeness (QED) is 0.764. The zero-order chi connectivity index (χ0) is 14.4. The molecule has 2 heterocycles. The Labute approximate surface area is 118 Å². The molecule has 6 nitrogen and oxygen atoms in total. The normalized spacial score (nSPS) is 18.1. The minimum absolute atomic E-state index is 0.00361. The standard InChI is InChI=1S/C14H20N4O2/c1-2-8-17(10-11-19)13(20)12-5-3-9-18(12)14-15-6-4-7-16-14/h2,4,6-7,12,19H,1,3,5,8-11H2. The fourth-order valence-corrected chi connectivity index (χ4v) is 2.48. The van der Waals surface area contributed by atoms with Crippen LogP contribution in [-0.2, 0) is 4.79 Å². The van der Waals surface area contributed by atoms with Crippen LogP contribution in [-0.4, -0.2) is 58.2 Å². The van der Waals surface area contributed by atoms with Crippen molar-refractivity contribution in [3.05, 3.63) is 31.1 Å². The molecule has 1 amide bonds. The van der Waals surface area contributed by atoms with E-state index in [9.17, 15) is 4.79 Å². The van der Waals surface area contributed by atoms with Gasteiger partial charge in [0.15, 0.2) is 0 Å². The van der Waals surface area contributed by atoms with E-state index in [-0.39, 0.29) is 18.6 Å². The average Bonchev–Trinajstić information content (AvgIpc) is 2.96. The topological polar surface area (TPSA) is 69.6 Å². The van der Waals surface area contributed by atoms with Gasteiger partial charge in [-0.2, -0.15) is 0 Å². The van der Waals surface area contributed by atoms with Crippen LogP contribution in [0.4, 0.5) is 5.95 Å². The molecule has 1 aromatic rings. The van der Waals surface area contributed by atoms with Crippen molar-refractivity contribution in [2.75, 3.05) is 31.1 Å². The first-order chi connectivity index (χ1) is 9.77. The maximum absolute atomic E-state index is 12.6. The van der Waals surface area contributed by atoms with Crippen molar-refractivity contribution in [3.63, 3.8) is 0 Å². The predicted octanol–water partition coefficient (Wildman–Crippen LogP) is 0.452. The number of nitrogens with zero attached hydrogens (tertiary/aromatic N) is 4. The molecule has 1 fully saturated rings. The van der Waals surface area contributed by atoms with E-state index in [4.69, 9.17) is 5.11 Å². The second-order valence-corrected chi connectivity index (χ2v) is 4.70. The first-order valence-electron chi connectivity index (χ1n) is 6.82. The number of hydrogen-bond donors (Lipinski definition) is 1. The van der Waals surface area contributed by atoms with Gasteiger partial charge in [-0.1, -0.05) is 6.08 Å². The molecule has 1 aliphatic heterocycles. The lowest BCUT2D eigenvalue weighted by atomic mass is 10.2. The number of aliphatic hydroxyl groups excluding tert-OH is 1. The molecule has 0 spiro atoms. The maximum atomic E-state index is 12.6. The Hall–Kier alpha value is -1.95. The molecule has 1 N–H and O–H groups in total. The molecule has 108 valence electrons. The van der Waals surface area contributed by atoms with Crippen LogP contribution >= 0.6 is 0 Å². The minimum Gasteiger partial charge on any atom is -0.395 e. The summed E-state index contributed by atoms with van der Waals surface area (Å²) in [5.41, 5.74) is 0. The van der Waals surface area contributed by atoms with Crippen molar-refractivity contribution in [2.24, 2.45) is 0 Å². The molecule has 6 heteroatoms. The van der Waals surface area contributed by atoms with Crippen LogP contribution in [0, 0.1) is 0 Å². The molecule has 0 saturated carbocycles. The molecule has 1 atom stereocenters. The van der Waals surface area contributed by atoms with Gasteiger partial charge in [0.1, 0.15) is 6.04 Å². The number of aliphatic hydroxyl groups is 1. The summed E-state index contributed by atoms with van der Waals surface area (Å²) in [6.07, 6.45) is 6.76. The molecule has 0 radical (unpaired) electrons. The van der Waals surface area contributed by atoms with Gasteiger partial charge in [-0.25, -0.2) is 9.97 Å². The lowest BCUT2D eigenvalue weighted by Gasteiger charge is -2.29. The van der Waals surface area contributed by atoms with Gasteiger partial charge < -0.3 is 14.9 Å². The fraction of sp³-hybridized carbons (Fsp3) is 0.500. The molecule has 20 heavy (non-hydrogen) atoms. The number of hydrogen-bond acceptors (Lipinski definition) is 5. The van der Waals surface area contributed by atoms with Gasteiger partial charge in [0.2, 0.25) is 11.9 Å². The summed E-state index contributed by atoms with van der Waals surface area (Å²) in [6.45, 7) is 5.15. The summed E-state index contributed by atoms with van der Waals surface area (Å²) >= 11 is 0. The smallest absolute Gasteiger partial charge is 0.245 e. The third-order valence-corrected chi connectivity index (χ3v) is 3.38. The van der Waals surface area contributed by atoms with E-state index in [2.05, 4.69) is 16.5 Å². The summed E-state index contributed by atoms with van der Waals surface area (Å²) in [6, 6.07) is 1.51. The summed E-state index contributed by atoms with van der Waals surface area (Å²) in [7, 11) is 0. The summed E-state index contributed by atoms with van der Waals surface area (Å²) < 4.78 is 0. The number of anilines is 1. The summed E-state index contributed by atoms with van der Waals surface area (Å²) in [5.74, 6) is 0.592. The van der Waals surface area contributed by atoms with E-state index in [1.54, 1.807) is 29.4 Å². The van der Waals surface area contributed by atoms with Gasteiger partial charge in [-0.3, -0.25) is 4.79 Å². The third kappa shape index (κ3) is 3.14. The van der Waals surface area contributed by atoms with Crippen molar-refractivity contribution in [1.29, 1.82) is 0 Å². The molecule has 1 aromatic heterocycles. The summed E-state index contributed by atoms with van der Waals surface area (Å²) in [4.78, 5) is 24.6. The molecule has 0 aliphatic carbocycles. The Morgan fingerprint density at radius 1 is 1.55 bits per heavy atom. The van der Waals surface area contributed by atoms with Gasteiger partial charge in [-0.15, -0.1) is 6.58 Å². The highest BCUT2D eigenvalue weighted by atomic mass is 16.3. The molecule has 2 rings (SSSR count). The third-order valence-electron chi connectivity index (χ3n) is 3.38. The molecule has 1 unspecified atom stereocenters. The monoisotopic (exact) mass is 276 g/mol. The van der Waals surface area contributed by atoms with E-state index >= 15 is 0 Å². The summed E-state index contributed by atoms with van der Waals surface area (Å²) in [5, 5.41) is 9.07. The van der Waals surface area contributed by atoms with E-state index in [0.717, 1.165) is 19.4 Å². The molecule has 0 bridgehead atoms. The van der Waals surface area contributed by atoms with Crippen molar-refractivity contribution in [3.8, 4) is 0 Å². The number of rotatable bonds is 6. The number of carbonyl (C=O) groups is 1. The van der Waals surface area contributed by atoms with Crippen LogP contribution < -0.4 is 4.90 Å². The van der Waals surface area contributed by atoms with Gasteiger partial charge in [-0.05, 0) is 18.9 Å². The lowest BCUT2D eigenvalue weighted by Crippen LogP contribution is -2.47. The zero-order valence-electron chi connectivity index (χ0n) is 11.5. The number of aromatic nitrogens is 2. The molecular weight excluding hydrogens is 256 g/mol. The Morgan fingerprint density at radius 3 is 2.95 bits per heavy atom. The van der Waals surface area contributed by atoms with Gasteiger partial charge in [0.05, 0.1) is 6.61 Å². The van der Waals surface area contributed by atoms with Gasteiger partial charge in [0.25, 0.3) is 0 Å². The van der Waals surface area contributed by atoms with E-state index in [1.807, 2.05) is 4.90 Å². The number of amides is 1. The molecule has 1 saturated heterocycles. The Kier molecular flexibility index (Phi) is 5.06. The highest BCUT2D eigenvalue weighted by Gasteiger charge is 2.34. The van der Waals surface area contributed by atoms with E-state index in [1.165, 1.54) is 0 Å². The first-order valence-corrected chi connectivity index (χ1v) is 6.82. The predicted molar refractivity (Wildman–Crippen MR) is 76.3 cm³/mol. The van der Waals surface area contributed by atoms with Crippen molar-refractivity contribution >= 4 is 11.9 Å². The SMILES string of the molecule is C=CCN(CCO)C(=O)C1CCCN1c1ncccn1. The Morgan fingerprint density at radius 2 is 2.30 bits per heavy atom. The zero-order valence-corrected chi connectivity index (χ0v) is 11.5. The Balaban J connectivity index is 2.13. The van der Waals surface area contributed by atoms with Crippen LogP contribution in [0.5, 0.6) is 0 Å². The second-order valence-electron chi connectivity index (χ2n) is 4.70. The van der Waals surface area contributed by atoms with E-state index in [0.29, 0.717) is 19.0 Å². The number of carbonyl (C=O) groups excluding carboxylic acids is 1. The van der Waals surface area contributed by atoms with Gasteiger partial charge in [0, 0.05) is 32.0 Å². The van der Waals surface area contributed by atoms with Gasteiger partial charge >= 0.3 is 0 Å². The average molecular weight is 276 g/mol. The van der Waals surface area contributed by atoms with Crippen LogP contribution in [0.1, 0.15) is 12.8 Å². The van der Waals surface area contributed by atoms with Crippen LogP contribution in [0.15, 0.2) is 31.1 Å². The van der Waals surface area contributed by atoms with Crippen molar-refractivity contribution in [1.82, 2.24) is 14.9 Å². The highest BCUT2D eigenvalue weighted by Crippen LogP contribution is 2.23. The largest absolute Gasteiger partial charge is 0.395 e. The second kappa shape index (κ2) is 7.00. The maximum Gasteiger partial charge on any atom is 0.245 e. The van der Waals surface area contributed by atoms with E-state index < -0.39 is 0 Å². The molecular formula is C14H20N4O2. The lowest BCUT2D eigenvalue weighted by molar-refractivity contribution is -0.132.